The molecule has 1 N–H and O–H groups in total. The lowest BCUT2D eigenvalue weighted by Crippen LogP contribution is -2.42. The molecule has 3 heteroatoms. The molecular formula is C18H25N3. The van der Waals surface area contributed by atoms with Gasteiger partial charge in [-0.25, -0.2) is 0 Å². The van der Waals surface area contributed by atoms with Crippen molar-refractivity contribution < 1.29 is 0 Å². The third-order valence-electron chi connectivity index (χ3n) is 4.54. The van der Waals surface area contributed by atoms with Crippen LogP contribution in [0.1, 0.15) is 31.7 Å². The molecule has 1 aromatic carbocycles. The summed E-state index contributed by atoms with van der Waals surface area (Å²) in [6.07, 6.45) is 7.94. The first-order valence-electron chi connectivity index (χ1n) is 8.11. The van der Waals surface area contributed by atoms with Crippen LogP contribution < -0.4 is 5.32 Å². The van der Waals surface area contributed by atoms with E-state index in [4.69, 9.17) is 0 Å². The Morgan fingerprint density at radius 1 is 1.19 bits per heavy atom. The van der Waals surface area contributed by atoms with Gasteiger partial charge in [0.15, 0.2) is 0 Å². The number of nitrogens with zero attached hydrogens (tertiary/aromatic N) is 2. The molecule has 0 radical (unpaired) electrons. The van der Waals surface area contributed by atoms with Gasteiger partial charge in [-0.2, -0.15) is 0 Å². The Bertz CT molecular complexity index is 570. The molecule has 0 saturated carbocycles. The minimum atomic E-state index is 0.627. The second-order valence-corrected chi connectivity index (χ2v) is 6.09. The predicted molar refractivity (Wildman–Crippen MR) is 88.3 cm³/mol. The van der Waals surface area contributed by atoms with Crippen LogP contribution in [0.5, 0.6) is 0 Å². The number of piperidine rings is 1. The van der Waals surface area contributed by atoms with Crippen molar-refractivity contribution in [3.8, 4) is 0 Å². The number of fused-ring (bicyclic) bond motifs is 1. The molecule has 21 heavy (non-hydrogen) atoms. The molecule has 3 nitrogen and oxygen atoms in total. The first-order chi connectivity index (χ1) is 10.3. The van der Waals surface area contributed by atoms with E-state index >= 15 is 0 Å². The summed E-state index contributed by atoms with van der Waals surface area (Å²) in [5.74, 6) is 0. The highest BCUT2D eigenvalue weighted by Gasteiger charge is 2.15. The number of pyridine rings is 1. The molecule has 1 fully saturated rings. The van der Waals surface area contributed by atoms with Gasteiger partial charge in [-0.05, 0) is 49.9 Å². The second kappa shape index (κ2) is 7.01. The number of nitrogens with one attached hydrogen (secondary N) is 1. The van der Waals surface area contributed by atoms with Crippen molar-refractivity contribution in [2.45, 2.75) is 38.8 Å². The molecule has 1 aromatic heterocycles. The molecule has 2 heterocycles. The topological polar surface area (TPSA) is 28.2 Å². The normalized spacial score (nSPS) is 18.0. The van der Waals surface area contributed by atoms with Crippen molar-refractivity contribution in [2.75, 3.05) is 19.6 Å². The highest BCUT2D eigenvalue weighted by Crippen LogP contribution is 2.17. The Hall–Kier alpha value is -1.45. The molecule has 3 rings (SSSR count). The maximum Gasteiger partial charge on any atom is 0.0346 e. The molecule has 2 aromatic rings. The maximum atomic E-state index is 4.20. The van der Waals surface area contributed by atoms with Crippen LogP contribution in [0.25, 0.3) is 10.8 Å². The van der Waals surface area contributed by atoms with Crippen LogP contribution in [0, 0.1) is 0 Å². The van der Waals surface area contributed by atoms with Gasteiger partial charge in [0.25, 0.3) is 0 Å². The van der Waals surface area contributed by atoms with E-state index in [-0.39, 0.29) is 0 Å². The smallest absolute Gasteiger partial charge is 0.0346 e. The molecule has 1 aliphatic rings. The Balaban J connectivity index is 1.56. The van der Waals surface area contributed by atoms with Crippen molar-refractivity contribution in [1.29, 1.82) is 0 Å². The van der Waals surface area contributed by atoms with Crippen LogP contribution in [0.15, 0.2) is 36.7 Å². The zero-order valence-electron chi connectivity index (χ0n) is 12.9. The number of benzene rings is 1. The van der Waals surface area contributed by atoms with Crippen molar-refractivity contribution >= 4 is 10.8 Å². The van der Waals surface area contributed by atoms with Crippen LogP contribution in [-0.2, 0) is 6.54 Å². The fourth-order valence-corrected chi connectivity index (χ4v) is 3.25. The molecule has 1 unspecified atom stereocenters. The number of likely N-dealkylation sites (tertiary alicyclic amines) is 1. The van der Waals surface area contributed by atoms with E-state index in [9.17, 15) is 0 Å². The standard InChI is InChI=1S/C18H25N3/c1-15(21-10-3-2-4-11-21)12-20-14-17-7-5-6-16-13-19-9-8-18(16)17/h5-9,13,15,20H,2-4,10-12,14H2,1H3. The average Bonchev–Trinajstić information content (AvgIpc) is 2.56. The van der Waals surface area contributed by atoms with E-state index in [1.165, 1.54) is 48.7 Å². The summed E-state index contributed by atoms with van der Waals surface area (Å²) in [5, 5.41) is 6.16. The Morgan fingerprint density at radius 3 is 2.90 bits per heavy atom. The molecule has 0 bridgehead atoms. The Morgan fingerprint density at radius 2 is 2.05 bits per heavy atom. The molecule has 1 saturated heterocycles. The highest BCUT2D eigenvalue weighted by molar-refractivity contribution is 5.84. The van der Waals surface area contributed by atoms with Gasteiger partial charge in [-0.1, -0.05) is 24.6 Å². The second-order valence-electron chi connectivity index (χ2n) is 6.09. The summed E-state index contributed by atoms with van der Waals surface area (Å²) in [4.78, 5) is 6.81. The molecular weight excluding hydrogens is 258 g/mol. The van der Waals surface area contributed by atoms with Crippen molar-refractivity contribution in [3.05, 3.63) is 42.2 Å². The number of hydrogen-bond acceptors (Lipinski definition) is 3. The third kappa shape index (κ3) is 3.60. The van der Waals surface area contributed by atoms with Gasteiger partial charge in [-0.3, -0.25) is 9.88 Å². The monoisotopic (exact) mass is 283 g/mol. The van der Waals surface area contributed by atoms with E-state index in [2.05, 4.69) is 46.4 Å². The molecule has 1 atom stereocenters. The van der Waals surface area contributed by atoms with Gasteiger partial charge >= 0.3 is 0 Å². The molecule has 112 valence electrons. The predicted octanol–water partition coefficient (Wildman–Crippen LogP) is 3.20. The van der Waals surface area contributed by atoms with Crippen LogP contribution in [0.2, 0.25) is 0 Å². The third-order valence-corrected chi connectivity index (χ3v) is 4.54. The van der Waals surface area contributed by atoms with Gasteiger partial charge < -0.3 is 5.32 Å². The lowest BCUT2D eigenvalue weighted by atomic mass is 10.1. The fraction of sp³-hybridized carbons (Fsp3) is 0.500. The average molecular weight is 283 g/mol. The van der Waals surface area contributed by atoms with E-state index in [1.807, 2.05) is 12.4 Å². The van der Waals surface area contributed by atoms with Gasteiger partial charge in [-0.15, -0.1) is 0 Å². The maximum absolute atomic E-state index is 4.20. The van der Waals surface area contributed by atoms with Crippen molar-refractivity contribution in [3.63, 3.8) is 0 Å². The van der Waals surface area contributed by atoms with E-state index < -0.39 is 0 Å². The lowest BCUT2D eigenvalue weighted by Gasteiger charge is -2.32. The van der Waals surface area contributed by atoms with E-state index in [0.717, 1.165) is 13.1 Å². The van der Waals surface area contributed by atoms with Gasteiger partial charge in [0.1, 0.15) is 0 Å². The molecule has 1 aliphatic heterocycles. The zero-order chi connectivity index (χ0) is 14.5. The van der Waals surface area contributed by atoms with Crippen LogP contribution >= 0.6 is 0 Å². The molecule has 0 amide bonds. The van der Waals surface area contributed by atoms with E-state index in [0.29, 0.717) is 6.04 Å². The van der Waals surface area contributed by atoms with Crippen LogP contribution in [-0.4, -0.2) is 35.6 Å². The zero-order valence-corrected chi connectivity index (χ0v) is 12.9. The summed E-state index contributed by atoms with van der Waals surface area (Å²) in [6.45, 7) is 6.86. The summed E-state index contributed by atoms with van der Waals surface area (Å²) in [5.41, 5.74) is 1.36. The number of aromatic nitrogens is 1. The first-order valence-corrected chi connectivity index (χ1v) is 8.11. The summed E-state index contributed by atoms with van der Waals surface area (Å²) in [7, 11) is 0. The first kappa shape index (κ1) is 14.5. The van der Waals surface area contributed by atoms with Crippen molar-refractivity contribution in [2.24, 2.45) is 0 Å². The highest BCUT2D eigenvalue weighted by atomic mass is 15.2. The van der Waals surface area contributed by atoms with Crippen LogP contribution in [0.4, 0.5) is 0 Å². The Kier molecular flexibility index (Phi) is 4.84. The van der Waals surface area contributed by atoms with Gasteiger partial charge in [0.05, 0.1) is 0 Å². The fourth-order valence-electron chi connectivity index (χ4n) is 3.25. The number of rotatable bonds is 5. The molecule has 0 spiro atoms. The molecule has 0 aliphatic carbocycles. The Labute approximate surface area is 127 Å². The quantitative estimate of drug-likeness (QED) is 0.913. The number of hydrogen-bond donors (Lipinski definition) is 1. The van der Waals surface area contributed by atoms with E-state index in [1.54, 1.807) is 0 Å². The lowest BCUT2D eigenvalue weighted by molar-refractivity contribution is 0.171. The largest absolute Gasteiger partial charge is 0.311 e. The van der Waals surface area contributed by atoms with Crippen LogP contribution in [0.3, 0.4) is 0 Å². The minimum Gasteiger partial charge on any atom is -0.311 e. The minimum absolute atomic E-state index is 0.627. The summed E-state index contributed by atoms with van der Waals surface area (Å²) >= 11 is 0. The van der Waals surface area contributed by atoms with Gasteiger partial charge in [0.2, 0.25) is 0 Å². The SMILES string of the molecule is CC(CNCc1cccc2cnccc12)N1CCCCC1. The van der Waals surface area contributed by atoms with Gasteiger partial charge in [0, 0.05) is 36.9 Å². The summed E-state index contributed by atoms with van der Waals surface area (Å²) in [6, 6.07) is 9.19. The summed E-state index contributed by atoms with van der Waals surface area (Å²) < 4.78 is 0. The van der Waals surface area contributed by atoms with Crippen molar-refractivity contribution in [1.82, 2.24) is 15.2 Å².